The second-order valence-corrected chi connectivity index (χ2v) is 6.46. The van der Waals surface area contributed by atoms with Crippen molar-refractivity contribution in [2.24, 2.45) is 5.92 Å². The van der Waals surface area contributed by atoms with Crippen molar-refractivity contribution in [2.45, 2.75) is 32.2 Å². The number of hydrogen-bond donors (Lipinski definition) is 3. The molecule has 1 heterocycles. The Morgan fingerprint density at radius 3 is 2.70 bits per heavy atom. The molecule has 23 heavy (non-hydrogen) atoms. The van der Waals surface area contributed by atoms with E-state index < -0.39 is 0 Å². The van der Waals surface area contributed by atoms with Crippen LogP contribution >= 0.6 is 11.6 Å². The van der Waals surface area contributed by atoms with Crippen LogP contribution in [0.4, 0.5) is 0 Å². The number of carbonyl (C=O) groups excluding carboxylic acids is 2. The molecular formula is C17H24ClN3O2. The summed E-state index contributed by atoms with van der Waals surface area (Å²) in [5.74, 6) is 0.279. The van der Waals surface area contributed by atoms with Gasteiger partial charge in [-0.2, -0.15) is 0 Å². The average molecular weight is 338 g/mol. The number of amides is 2. The molecule has 6 heteroatoms. The molecule has 2 rings (SSSR count). The molecule has 1 aromatic rings. The summed E-state index contributed by atoms with van der Waals surface area (Å²) in [5.41, 5.74) is 0.874. The van der Waals surface area contributed by atoms with E-state index in [0.29, 0.717) is 17.5 Å². The highest BCUT2D eigenvalue weighted by Gasteiger charge is 2.19. The normalized spacial score (nSPS) is 19.0. The molecule has 2 amide bonds. The van der Waals surface area contributed by atoms with Crippen molar-refractivity contribution in [3.63, 3.8) is 0 Å². The van der Waals surface area contributed by atoms with E-state index in [4.69, 9.17) is 11.6 Å². The van der Waals surface area contributed by atoms with Crippen molar-refractivity contribution in [2.75, 3.05) is 19.6 Å². The summed E-state index contributed by atoms with van der Waals surface area (Å²) in [6.07, 6.45) is 2.51. The summed E-state index contributed by atoms with van der Waals surface area (Å²) in [6.45, 7) is 4.14. The molecule has 126 valence electrons. The highest BCUT2D eigenvalue weighted by Crippen LogP contribution is 2.19. The van der Waals surface area contributed by atoms with Crippen LogP contribution in [0.2, 0.25) is 5.02 Å². The quantitative estimate of drug-likeness (QED) is 0.744. The molecule has 5 nitrogen and oxygen atoms in total. The molecule has 1 aliphatic heterocycles. The van der Waals surface area contributed by atoms with Crippen LogP contribution in [0.25, 0.3) is 0 Å². The third kappa shape index (κ3) is 6.20. The molecule has 2 unspecified atom stereocenters. The maximum absolute atomic E-state index is 12.2. The Morgan fingerprint density at radius 2 is 2.09 bits per heavy atom. The molecular weight excluding hydrogens is 314 g/mol. The zero-order valence-electron chi connectivity index (χ0n) is 13.4. The predicted octanol–water partition coefficient (Wildman–Crippen LogP) is 2.02. The van der Waals surface area contributed by atoms with E-state index in [1.54, 1.807) is 12.1 Å². The molecule has 0 saturated carbocycles. The predicted molar refractivity (Wildman–Crippen MR) is 91.2 cm³/mol. The van der Waals surface area contributed by atoms with Gasteiger partial charge >= 0.3 is 0 Å². The average Bonchev–Trinajstić information content (AvgIpc) is 2.53. The Balaban J connectivity index is 1.89. The Hall–Kier alpha value is -1.59. The molecule has 0 bridgehead atoms. The molecule has 0 aliphatic carbocycles. The van der Waals surface area contributed by atoms with Crippen molar-refractivity contribution in [3.8, 4) is 0 Å². The van der Waals surface area contributed by atoms with Crippen LogP contribution in [0.3, 0.4) is 0 Å². The minimum Gasteiger partial charge on any atom is -0.356 e. The molecule has 1 aromatic carbocycles. The number of carbonyl (C=O) groups is 2. The maximum Gasteiger partial charge on any atom is 0.222 e. The minimum absolute atomic E-state index is 0.0516. The SMILES string of the molecule is CC(=O)NC(CC(=O)NCC1CCCNC1)c1ccc(Cl)cc1. The fourth-order valence-electron chi connectivity index (χ4n) is 2.81. The first-order valence-corrected chi connectivity index (χ1v) is 8.42. The van der Waals surface area contributed by atoms with Crippen molar-refractivity contribution in [3.05, 3.63) is 34.9 Å². The summed E-state index contributed by atoms with van der Waals surface area (Å²) in [6, 6.07) is 6.85. The van der Waals surface area contributed by atoms with E-state index in [1.165, 1.54) is 6.92 Å². The molecule has 2 atom stereocenters. The Labute approximate surface area is 142 Å². The van der Waals surface area contributed by atoms with Crippen LogP contribution in [0, 0.1) is 5.92 Å². The van der Waals surface area contributed by atoms with Crippen LogP contribution in [0.15, 0.2) is 24.3 Å². The standard InChI is InChI=1S/C17H24ClN3O2/c1-12(22)21-16(14-4-6-15(18)7-5-14)9-17(23)20-11-13-3-2-8-19-10-13/h4-7,13,16,19H,2-3,8-11H2,1H3,(H,20,23)(H,21,22). The largest absolute Gasteiger partial charge is 0.356 e. The van der Waals surface area contributed by atoms with E-state index in [9.17, 15) is 9.59 Å². The molecule has 3 N–H and O–H groups in total. The highest BCUT2D eigenvalue weighted by molar-refractivity contribution is 6.30. The first kappa shape index (κ1) is 17.8. The summed E-state index contributed by atoms with van der Waals surface area (Å²) in [7, 11) is 0. The summed E-state index contributed by atoms with van der Waals surface area (Å²) < 4.78 is 0. The lowest BCUT2D eigenvalue weighted by Crippen LogP contribution is -2.39. The van der Waals surface area contributed by atoms with Gasteiger partial charge in [0, 0.05) is 18.5 Å². The monoisotopic (exact) mass is 337 g/mol. The van der Waals surface area contributed by atoms with Gasteiger partial charge in [-0.15, -0.1) is 0 Å². The number of halogens is 1. The van der Waals surface area contributed by atoms with Gasteiger partial charge in [-0.05, 0) is 49.5 Å². The van der Waals surface area contributed by atoms with Crippen LogP contribution in [-0.2, 0) is 9.59 Å². The Kier molecular flexibility index (Phi) is 6.86. The third-order valence-electron chi connectivity index (χ3n) is 4.03. The van der Waals surface area contributed by atoms with Crippen LogP contribution in [0.5, 0.6) is 0 Å². The van der Waals surface area contributed by atoms with E-state index in [1.807, 2.05) is 12.1 Å². The molecule has 0 radical (unpaired) electrons. The van der Waals surface area contributed by atoms with Gasteiger partial charge in [0.2, 0.25) is 11.8 Å². The van der Waals surface area contributed by atoms with Crippen molar-refractivity contribution in [1.29, 1.82) is 0 Å². The van der Waals surface area contributed by atoms with Crippen LogP contribution in [-0.4, -0.2) is 31.4 Å². The van der Waals surface area contributed by atoms with Crippen molar-refractivity contribution < 1.29 is 9.59 Å². The molecule has 1 aliphatic rings. The van der Waals surface area contributed by atoms with E-state index >= 15 is 0 Å². The topological polar surface area (TPSA) is 70.2 Å². The van der Waals surface area contributed by atoms with Gasteiger partial charge in [0.05, 0.1) is 12.5 Å². The zero-order valence-corrected chi connectivity index (χ0v) is 14.2. The number of benzene rings is 1. The van der Waals surface area contributed by atoms with Gasteiger partial charge in [-0.3, -0.25) is 9.59 Å². The molecule has 1 saturated heterocycles. The minimum atomic E-state index is -0.339. The Bertz CT molecular complexity index is 527. The summed E-state index contributed by atoms with van der Waals surface area (Å²) >= 11 is 5.89. The van der Waals surface area contributed by atoms with Crippen LogP contribution in [0.1, 0.15) is 37.8 Å². The second-order valence-electron chi connectivity index (χ2n) is 6.03. The number of rotatable bonds is 6. The molecule has 0 spiro atoms. The summed E-state index contributed by atoms with van der Waals surface area (Å²) in [4.78, 5) is 23.6. The van der Waals surface area contributed by atoms with Gasteiger partial charge in [-0.1, -0.05) is 23.7 Å². The fraction of sp³-hybridized carbons (Fsp3) is 0.529. The van der Waals surface area contributed by atoms with Crippen molar-refractivity contribution >= 4 is 23.4 Å². The number of nitrogens with one attached hydrogen (secondary N) is 3. The molecule has 0 aromatic heterocycles. The third-order valence-corrected chi connectivity index (χ3v) is 4.28. The lowest BCUT2D eigenvalue weighted by molar-refractivity contribution is -0.123. The highest BCUT2D eigenvalue weighted by atomic mass is 35.5. The second kappa shape index (κ2) is 8.89. The smallest absolute Gasteiger partial charge is 0.222 e. The van der Waals surface area contributed by atoms with Crippen LogP contribution < -0.4 is 16.0 Å². The van der Waals surface area contributed by atoms with E-state index in [-0.39, 0.29) is 24.3 Å². The Morgan fingerprint density at radius 1 is 1.35 bits per heavy atom. The van der Waals surface area contributed by atoms with Gasteiger partial charge in [0.1, 0.15) is 0 Å². The van der Waals surface area contributed by atoms with Gasteiger partial charge in [-0.25, -0.2) is 0 Å². The molecule has 1 fully saturated rings. The zero-order chi connectivity index (χ0) is 16.7. The van der Waals surface area contributed by atoms with Gasteiger partial charge < -0.3 is 16.0 Å². The van der Waals surface area contributed by atoms with Gasteiger partial charge in [0.25, 0.3) is 0 Å². The fourth-order valence-corrected chi connectivity index (χ4v) is 2.93. The lowest BCUT2D eigenvalue weighted by Gasteiger charge is -2.24. The van der Waals surface area contributed by atoms with Crippen molar-refractivity contribution in [1.82, 2.24) is 16.0 Å². The van der Waals surface area contributed by atoms with E-state index in [0.717, 1.165) is 31.5 Å². The van der Waals surface area contributed by atoms with Gasteiger partial charge in [0.15, 0.2) is 0 Å². The lowest BCUT2D eigenvalue weighted by atomic mass is 9.99. The first-order valence-electron chi connectivity index (χ1n) is 8.04. The maximum atomic E-state index is 12.2. The summed E-state index contributed by atoms with van der Waals surface area (Å²) in [5, 5.41) is 9.78. The number of piperidine rings is 1. The van der Waals surface area contributed by atoms with E-state index in [2.05, 4.69) is 16.0 Å². The first-order chi connectivity index (χ1) is 11.0. The number of hydrogen-bond acceptors (Lipinski definition) is 3.